The van der Waals surface area contributed by atoms with Crippen molar-refractivity contribution < 1.29 is 14.3 Å². The summed E-state index contributed by atoms with van der Waals surface area (Å²) < 4.78 is 5.60. The van der Waals surface area contributed by atoms with Crippen LogP contribution in [-0.4, -0.2) is 40.3 Å². The predicted octanol–water partition coefficient (Wildman–Crippen LogP) is 5.23. The lowest BCUT2D eigenvalue weighted by atomic mass is 9.89. The van der Waals surface area contributed by atoms with E-state index in [1.165, 1.54) is 4.90 Å². The minimum atomic E-state index is -0.669. The second-order valence-corrected chi connectivity index (χ2v) is 8.77. The van der Waals surface area contributed by atoms with Crippen LogP contribution in [0.25, 0.3) is 0 Å². The number of hydrogen-bond donors (Lipinski definition) is 0. The van der Waals surface area contributed by atoms with E-state index < -0.39 is 23.8 Å². The van der Waals surface area contributed by atoms with Crippen LogP contribution >= 0.6 is 0 Å². The normalized spacial score (nSPS) is 20.3. The number of unbranched alkanes of at least 4 members (excludes halogenated alkanes) is 2. The quantitative estimate of drug-likeness (QED) is 0.629. The van der Waals surface area contributed by atoms with Gasteiger partial charge in [0.05, 0.1) is 11.8 Å². The number of imide groups is 1. The minimum absolute atomic E-state index is 0.0204. The second-order valence-electron chi connectivity index (χ2n) is 8.77. The number of aliphatic imine (C=N–C) groups is 1. The Labute approximate surface area is 169 Å². The Bertz CT molecular complexity index is 704. The van der Waals surface area contributed by atoms with Crippen LogP contribution in [0.1, 0.15) is 72.8 Å². The summed E-state index contributed by atoms with van der Waals surface area (Å²) in [5.74, 6) is -0.226. The summed E-state index contributed by atoms with van der Waals surface area (Å²) in [4.78, 5) is 32.5. The highest BCUT2D eigenvalue weighted by Gasteiger charge is 2.44. The third-order valence-corrected chi connectivity index (χ3v) is 4.75. The van der Waals surface area contributed by atoms with E-state index in [4.69, 9.17) is 9.73 Å². The molecule has 0 radical (unpaired) electrons. The fourth-order valence-corrected chi connectivity index (χ4v) is 3.48. The SMILES string of the molecule is CCCCC[C@@H]1N=C(c2ccccc2)[C@H](C(C)C)N(C(=O)OC(C)(C)C)C1=O. The van der Waals surface area contributed by atoms with Crippen molar-refractivity contribution in [2.75, 3.05) is 0 Å². The highest BCUT2D eigenvalue weighted by molar-refractivity contribution is 6.13. The Morgan fingerprint density at radius 1 is 1.18 bits per heavy atom. The zero-order valence-corrected chi connectivity index (χ0v) is 18.1. The number of benzene rings is 1. The van der Waals surface area contributed by atoms with Gasteiger partial charge >= 0.3 is 6.09 Å². The molecule has 1 aliphatic rings. The lowest BCUT2D eigenvalue weighted by Crippen LogP contribution is -2.58. The molecule has 0 N–H and O–H groups in total. The number of hydrogen-bond acceptors (Lipinski definition) is 4. The number of ether oxygens (including phenoxy) is 1. The molecular formula is C23H34N2O3. The molecule has 1 heterocycles. The van der Waals surface area contributed by atoms with Gasteiger partial charge in [0.2, 0.25) is 0 Å². The highest BCUT2D eigenvalue weighted by Crippen LogP contribution is 2.28. The molecule has 0 spiro atoms. The molecule has 0 unspecified atom stereocenters. The number of carbonyl (C=O) groups is 2. The molecule has 5 heteroatoms. The van der Waals surface area contributed by atoms with Crippen LogP contribution in [0.5, 0.6) is 0 Å². The van der Waals surface area contributed by atoms with E-state index in [9.17, 15) is 9.59 Å². The van der Waals surface area contributed by atoms with E-state index in [1.54, 1.807) is 0 Å². The van der Waals surface area contributed by atoms with Crippen LogP contribution in [0.15, 0.2) is 35.3 Å². The van der Waals surface area contributed by atoms with Crippen LogP contribution in [0.3, 0.4) is 0 Å². The fourth-order valence-electron chi connectivity index (χ4n) is 3.48. The first-order chi connectivity index (χ1) is 13.2. The van der Waals surface area contributed by atoms with Crippen LogP contribution in [-0.2, 0) is 9.53 Å². The van der Waals surface area contributed by atoms with E-state index in [0.29, 0.717) is 6.42 Å². The van der Waals surface area contributed by atoms with Gasteiger partial charge in [0.15, 0.2) is 0 Å². The zero-order valence-electron chi connectivity index (χ0n) is 18.1. The lowest BCUT2D eigenvalue weighted by Gasteiger charge is -2.39. The number of nitrogens with zero attached hydrogens (tertiary/aromatic N) is 2. The third-order valence-electron chi connectivity index (χ3n) is 4.75. The Morgan fingerprint density at radius 3 is 2.36 bits per heavy atom. The van der Waals surface area contributed by atoms with Crippen molar-refractivity contribution in [2.45, 2.75) is 84.9 Å². The van der Waals surface area contributed by atoms with Gasteiger partial charge in [0.25, 0.3) is 5.91 Å². The van der Waals surface area contributed by atoms with Gasteiger partial charge in [-0.25, -0.2) is 9.69 Å². The lowest BCUT2D eigenvalue weighted by molar-refractivity contribution is -0.134. The summed E-state index contributed by atoms with van der Waals surface area (Å²) in [7, 11) is 0. The molecule has 0 saturated heterocycles. The Kier molecular flexibility index (Phi) is 7.39. The molecule has 0 fully saturated rings. The maximum Gasteiger partial charge on any atom is 0.417 e. The Hall–Kier alpha value is -2.17. The van der Waals surface area contributed by atoms with Gasteiger partial charge in [0, 0.05) is 0 Å². The number of carbonyl (C=O) groups excluding carboxylic acids is 2. The van der Waals surface area contributed by atoms with Gasteiger partial charge in [-0.3, -0.25) is 9.79 Å². The monoisotopic (exact) mass is 386 g/mol. The summed E-state index contributed by atoms with van der Waals surface area (Å²) in [6, 6.07) is 8.86. The van der Waals surface area contributed by atoms with Gasteiger partial charge in [-0.05, 0) is 38.7 Å². The maximum atomic E-state index is 13.3. The van der Waals surface area contributed by atoms with Gasteiger partial charge in [0.1, 0.15) is 11.6 Å². The van der Waals surface area contributed by atoms with Crippen LogP contribution in [0, 0.1) is 5.92 Å². The summed E-state index contributed by atoms with van der Waals surface area (Å²) in [5, 5.41) is 0. The standard InChI is InChI=1S/C23H34N2O3/c1-7-8-10-15-18-21(26)25(22(27)28-23(4,5)6)20(16(2)3)19(24-18)17-13-11-9-12-14-17/h9,11-14,16,18,20H,7-8,10,15H2,1-6H3/t18-,20-/m0/s1. The van der Waals surface area contributed by atoms with Crippen LogP contribution < -0.4 is 0 Å². The van der Waals surface area contributed by atoms with Crippen molar-refractivity contribution in [1.82, 2.24) is 4.90 Å². The molecule has 2 atom stereocenters. The summed E-state index contributed by atoms with van der Waals surface area (Å²) in [6.07, 6.45) is 3.08. The van der Waals surface area contributed by atoms with E-state index in [-0.39, 0.29) is 11.8 Å². The molecule has 0 aromatic heterocycles. The molecule has 0 saturated carbocycles. The second kappa shape index (κ2) is 9.35. The molecule has 1 aromatic carbocycles. The summed E-state index contributed by atoms with van der Waals surface area (Å²) in [6.45, 7) is 11.6. The summed E-state index contributed by atoms with van der Waals surface area (Å²) >= 11 is 0. The van der Waals surface area contributed by atoms with Crippen molar-refractivity contribution in [1.29, 1.82) is 0 Å². The van der Waals surface area contributed by atoms with Gasteiger partial charge in [-0.15, -0.1) is 0 Å². The van der Waals surface area contributed by atoms with E-state index in [2.05, 4.69) is 6.92 Å². The number of amides is 2. The first-order valence-corrected chi connectivity index (χ1v) is 10.3. The number of rotatable bonds is 6. The highest BCUT2D eigenvalue weighted by atomic mass is 16.6. The van der Waals surface area contributed by atoms with Gasteiger partial charge in [-0.1, -0.05) is 70.4 Å². The van der Waals surface area contributed by atoms with Gasteiger partial charge < -0.3 is 4.74 Å². The maximum absolute atomic E-state index is 13.3. The molecule has 0 aliphatic carbocycles. The predicted molar refractivity (Wildman–Crippen MR) is 113 cm³/mol. The van der Waals surface area contributed by atoms with E-state index >= 15 is 0 Å². The van der Waals surface area contributed by atoms with Crippen LogP contribution in [0.4, 0.5) is 4.79 Å². The smallest absolute Gasteiger partial charge is 0.417 e. The van der Waals surface area contributed by atoms with Crippen molar-refractivity contribution >= 4 is 17.7 Å². The Morgan fingerprint density at radius 2 is 1.82 bits per heavy atom. The largest absolute Gasteiger partial charge is 0.443 e. The molecule has 28 heavy (non-hydrogen) atoms. The Balaban J connectivity index is 2.48. The zero-order chi connectivity index (χ0) is 20.9. The molecule has 5 nitrogen and oxygen atoms in total. The molecule has 1 aromatic rings. The topological polar surface area (TPSA) is 59.0 Å². The third kappa shape index (κ3) is 5.43. The van der Waals surface area contributed by atoms with Crippen molar-refractivity contribution in [3.63, 3.8) is 0 Å². The molecule has 2 amide bonds. The molecule has 0 bridgehead atoms. The summed E-state index contributed by atoms with van der Waals surface area (Å²) in [5.41, 5.74) is 1.07. The van der Waals surface area contributed by atoms with E-state index in [1.807, 2.05) is 65.0 Å². The van der Waals surface area contributed by atoms with Crippen molar-refractivity contribution in [2.24, 2.45) is 10.9 Å². The average molecular weight is 387 g/mol. The first-order valence-electron chi connectivity index (χ1n) is 10.3. The molecule has 154 valence electrons. The fraction of sp³-hybridized carbons (Fsp3) is 0.609. The van der Waals surface area contributed by atoms with Crippen molar-refractivity contribution in [3.05, 3.63) is 35.9 Å². The molecule has 1 aliphatic heterocycles. The average Bonchev–Trinajstić information content (AvgIpc) is 2.61. The minimum Gasteiger partial charge on any atom is -0.443 e. The van der Waals surface area contributed by atoms with Crippen LogP contribution in [0.2, 0.25) is 0 Å². The molecule has 2 rings (SSSR count). The van der Waals surface area contributed by atoms with Gasteiger partial charge in [-0.2, -0.15) is 0 Å². The van der Waals surface area contributed by atoms with Crippen molar-refractivity contribution in [3.8, 4) is 0 Å². The van der Waals surface area contributed by atoms with E-state index in [0.717, 1.165) is 30.5 Å². The molecular weight excluding hydrogens is 352 g/mol. The first kappa shape index (κ1) is 22.1.